The van der Waals surface area contributed by atoms with E-state index in [1.165, 1.54) is 11.3 Å². The average Bonchev–Trinajstić information content (AvgIpc) is 2.97. The SMILES string of the molecule is Cc1cc(Cl)c(C)c(S(=O)(=O)NNC(=O)c2cccs2)c1Cl. The largest absolute Gasteiger partial charge is 0.276 e. The summed E-state index contributed by atoms with van der Waals surface area (Å²) in [6, 6.07) is 4.86. The third kappa shape index (κ3) is 3.44. The molecule has 1 amide bonds. The Labute approximate surface area is 142 Å². The molecule has 0 aliphatic carbocycles. The second kappa shape index (κ2) is 6.55. The van der Waals surface area contributed by atoms with Crippen molar-refractivity contribution in [3.05, 3.63) is 49.6 Å². The van der Waals surface area contributed by atoms with E-state index in [9.17, 15) is 13.2 Å². The summed E-state index contributed by atoms with van der Waals surface area (Å²) >= 11 is 13.3. The van der Waals surface area contributed by atoms with Gasteiger partial charge in [-0.15, -0.1) is 16.2 Å². The van der Waals surface area contributed by atoms with Crippen LogP contribution in [0.5, 0.6) is 0 Å². The maximum atomic E-state index is 12.4. The summed E-state index contributed by atoms with van der Waals surface area (Å²) in [5.41, 5.74) is 2.99. The van der Waals surface area contributed by atoms with Gasteiger partial charge in [-0.1, -0.05) is 29.3 Å². The third-order valence-electron chi connectivity index (χ3n) is 2.90. The van der Waals surface area contributed by atoms with Crippen LogP contribution in [0.15, 0.2) is 28.5 Å². The third-order valence-corrected chi connectivity index (χ3v) is 6.18. The lowest BCUT2D eigenvalue weighted by Crippen LogP contribution is -2.41. The first-order valence-electron chi connectivity index (χ1n) is 6.05. The topological polar surface area (TPSA) is 75.3 Å². The molecule has 118 valence electrons. The van der Waals surface area contributed by atoms with Crippen molar-refractivity contribution in [3.63, 3.8) is 0 Å². The maximum Gasteiger partial charge on any atom is 0.276 e. The van der Waals surface area contributed by atoms with Gasteiger partial charge in [0.1, 0.15) is 4.90 Å². The normalized spacial score (nSPS) is 11.5. The number of nitrogens with one attached hydrogen (secondary N) is 2. The van der Waals surface area contributed by atoms with E-state index in [1.54, 1.807) is 37.4 Å². The Kier molecular flexibility index (Phi) is 5.14. The number of benzene rings is 1. The number of amides is 1. The first-order valence-corrected chi connectivity index (χ1v) is 9.16. The fourth-order valence-electron chi connectivity index (χ4n) is 1.77. The number of rotatable bonds is 4. The van der Waals surface area contributed by atoms with Crippen LogP contribution in [0.4, 0.5) is 0 Å². The molecule has 0 saturated heterocycles. The van der Waals surface area contributed by atoms with Gasteiger partial charge in [-0.2, -0.15) is 0 Å². The predicted molar refractivity (Wildman–Crippen MR) is 88.0 cm³/mol. The number of hydrazine groups is 1. The summed E-state index contributed by atoms with van der Waals surface area (Å²) in [5.74, 6) is -0.550. The highest BCUT2D eigenvalue weighted by Gasteiger charge is 2.24. The smallest absolute Gasteiger partial charge is 0.273 e. The van der Waals surface area contributed by atoms with E-state index in [0.29, 0.717) is 16.0 Å². The molecule has 1 heterocycles. The molecule has 0 aliphatic heterocycles. The van der Waals surface area contributed by atoms with Crippen molar-refractivity contribution in [2.24, 2.45) is 0 Å². The standard InChI is InChI=1S/C13H12Cl2N2O3S2/c1-7-6-9(14)8(2)12(11(7)15)22(19,20)17-16-13(18)10-4-3-5-21-10/h3-6,17H,1-2H3,(H,16,18). The number of halogens is 2. The zero-order valence-corrected chi connectivity index (χ0v) is 14.8. The van der Waals surface area contributed by atoms with Gasteiger partial charge < -0.3 is 0 Å². The van der Waals surface area contributed by atoms with Gasteiger partial charge >= 0.3 is 0 Å². The Bertz CT molecular complexity index is 792. The Morgan fingerprint density at radius 3 is 2.55 bits per heavy atom. The molecule has 0 unspecified atom stereocenters. The van der Waals surface area contributed by atoms with E-state index in [-0.39, 0.29) is 14.9 Å². The van der Waals surface area contributed by atoms with Crippen LogP contribution in [0.2, 0.25) is 10.0 Å². The van der Waals surface area contributed by atoms with Crippen molar-refractivity contribution >= 4 is 50.5 Å². The number of thiophene rings is 1. The number of hydrogen-bond donors (Lipinski definition) is 2. The molecular weight excluding hydrogens is 367 g/mol. The number of carbonyl (C=O) groups excluding carboxylic acids is 1. The predicted octanol–water partition coefficient (Wildman–Crippen LogP) is 3.30. The fourth-order valence-corrected chi connectivity index (χ4v) is 4.44. The fraction of sp³-hybridized carbons (Fsp3) is 0.154. The summed E-state index contributed by atoms with van der Waals surface area (Å²) < 4.78 is 24.8. The first kappa shape index (κ1) is 17.2. The maximum absolute atomic E-state index is 12.4. The van der Waals surface area contributed by atoms with Crippen LogP contribution in [0.3, 0.4) is 0 Å². The molecule has 1 aromatic heterocycles. The minimum Gasteiger partial charge on any atom is -0.273 e. The quantitative estimate of drug-likeness (QED) is 0.801. The van der Waals surface area contributed by atoms with Crippen molar-refractivity contribution < 1.29 is 13.2 Å². The van der Waals surface area contributed by atoms with E-state index in [2.05, 4.69) is 5.43 Å². The van der Waals surface area contributed by atoms with Crippen LogP contribution in [0, 0.1) is 13.8 Å². The Balaban J connectivity index is 2.30. The molecule has 0 aliphatic rings. The van der Waals surface area contributed by atoms with Crippen molar-refractivity contribution in [2.45, 2.75) is 18.7 Å². The van der Waals surface area contributed by atoms with Crippen molar-refractivity contribution in [2.75, 3.05) is 0 Å². The van der Waals surface area contributed by atoms with Crippen molar-refractivity contribution in [1.82, 2.24) is 10.3 Å². The van der Waals surface area contributed by atoms with Gasteiger partial charge in [-0.05, 0) is 42.5 Å². The Morgan fingerprint density at radius 1 is 1.27 bits per heavy atom. The molecule has 2 rings (SSSR count). The van der Waals surface area contributed by atoms with Crippen molar-refractivity contribution in [1.29, 1.82) is 0 Å². The summed E-state index contributed by atoms with van der Waals surface area (Å²) in [6.07, 6.45) is 0. The van der Waals surface area contributed by atoms with Crippen LogP contribution in [-0.4, -0.2) is 14.3 Å². The molecule has 0 saturated carbocycles. The lowest BCUT2D eigenvalue weighted by atomic mass is 10.2. The van der Waals surface area contributed by atoms with Crippen LogP contribution in [-0.2, 0) is 10.0 Å². The molecule has 0 spiro atoms. The van der Waals surface area contributed by atoms with Gasteiger partial charge in [-0.25, -0.2) is 8.42 Å². The molecule has 9 heteroatoms. The molecule has 0 fully saturated rings. The zero-order valence-electron chi connectivity index (χ0n) is 11.6. The van der Waals surface area contributed by atoms with E-state index in [0.717, 1.165) is 0 Å². The van der Waals surface area contributed by atoms with E-state index >= 15 is 0 Å². The monoisotopic (exact) mass is 378 g/mol. The lowest BCUT2D eigenvalue weighted by Gasteiger charge is -2.14. The number of aryl methyl sites for hydroxylation is 1. The highest BCUT2D eigenvalue weighted by molar-refractivity contribution is 7.89. The highest BCUT2D eigenvalue weighted by Crippen LogP contribution is 2.33. The number of hydrogen-bond acceptors (Lipinski definition) is 4. The van der Waals surface area contributed by atoms with E-state index in [4.69, 9.17) is 23.2 Å². The van der Waals surface area contributed by atoms with Gasteiger partial charge in [-0.3, -0.25) is 10.2 Å². The van der Waals surface area contributed by atoms with Crippen LogP contribution in [0.1, 0.15) is 20.8 Å². The number of sulfonamides is 1. The first-order chi connectivity index (χ1) is 10.2. The second-order valence-electron chi connectivity index (χ2n) is 4.48. The van der Waals surface area contributed by atoms with Gasteiger partial charge in [0, 0.05) is 5.02 Å². The van der Waals surface area contributed by atoms with Crippen LogP contribution < -0.4 is 10.3 Å². The molecule has 1 aromatic carbocycles. The zero-order chi connectivity index (χ0) is 16.5. The summed E-state index contributed by atoms with van der Waals surface area (Å²) in [6.45, 7) is 3.19. The molecule has 22 heavy (non-hydrogen) atoms. The molecule has 2 aromatic rings. The van der Waals surface area contributed by atoms with E-state index < -0.39 is 15.9 Å². The molecule has 0 atom stereocenters. The molecule has 0 bridgehead atoms. The van der Waals surface area contributed by atoms with E-state index in [1.807, 2.05) is 4.83 Å². The minimum atomic E-state index is -4.05. The average molecular weight is 379 g/mol. The molecule has 5 nitrogen and oxygen atoms in total. The minimum absolute atomic E-state index is 0.0692. The van der Waals surface area contributed by atoms with Gasteiger partial charge in [0.2, 0.25) is 0 Å². The summed E-state index contributed by atoms with van der Waals surface area (Å²) in [4.78, 5) is 14.1. The lowest BCUT2D eigenvalue weighted by molar-refractivity contribution is 0.0949. The summed E-state index contributed by atoms with van der Waals surface area (Å²) in [5, 5.41) is 2.07. The van der Waals surface area contributed by atoms with Crippen molar-refractivity contribution in [3.8, 4) is 0 Å². The molecule has 0 radical (unpaired) electrons. The van der Waals surface area contributed by atoms with Gasteiger partial charge in [0.05, 0.1) is 9.90 Å². The molecule has 2 N–H and O–H groups in total. The highest BCUT2D eigenvalue weighted by atomic mass is 35.5. The van der Waals surface area contributed by atoms with Gasteiger partial charge in [0.25, 0.3) is 15.9 Å². The second-order valence-corrected chi connectivity index (χ2v) is 7.83. The number of carbonyl (C=O) groups is 1. The van der Waals surface area contributed by atoms with Crippen LogP contribution >= 0.6 is 34.5 Å². The summed E-state index contributed by atoms with van der Waals surface area (Å²) in [7, 11) is -4.05. The van der Waals surface area contributed by atoms with Gasteiger partial charge in [0.15, 0.2) is 0 Å². The Morgan fingerprint density at radius 2 is 1.95 bits per heavy atom. The molecular formula is C13H12Cl2N2O3S2. The van der Waals surface area contributed by atoms with Crippen LogP contribution in [0.25, 0.3) is 0 Å². The Hall–Kier alpha value is -1.12.